The maximum atomic E-state index is 11.5. The third kappa shape index (κ3) is 4.43. The molecule has 0 atom stereocenters. The molecule has 2 aromatic rings. The Balaban J connectivity index is 1.74. The van der Waals surface area contributed by atoms with Crippen LogP contribution in [0.3, 0.4) is 0 Å². The molecule has 1 saturated heterocycles. The first-order valence-corrected chi connectivity index (χ1v) is 9.62. The Morgan fingerprint density at radius 1 is 1.35 bits per heavy atom. The van der Waals surface area contributed by atoms with Gasteiger partial charge >= 0.3 is 5.97 Å². The molecule has 7 nitrogen and oxygen atoms in total. The van der Waals surface area contributed by atoms with Crippen LogP contribution in [-0.2, 0) is 14.3 Å². The highest BCUT2D eigenvalue weighted by molar-refractivity contribution is 7.16. The Labute approximate surface area is 156 Å². The van der Waals surface area contributed by atoms with Crippen molar-refractivity contribution in [1.29, 1.82) is 0 Å². The van der Waals surface area contributed by atoms with Gasteiger partial charge in [-0.25, -0.2) is 9.78 Å². The van der Waals surface area contributed by atoms with E-state index in [0.29, 0.717) is 12.4 Å². The fraction of sp³-hybridized carbons (Fsp3) is 0.500. The SMILES string of the molecule is CCOC(=O)COc1cc(N2CCC(NC(C)=O)CC2)c2ncsc2c1. The largest absolute Gasteiger partial charge is 0.482 e. The first-order valence-electron chi connectivity index (χ1n) is 8.74. The molecule has 0 bridgehead atoms. The summed E-state index contributed by atoms with van der Waals surface area (Å²) in [6.45, 7) is 5.21. The summed E-state index contributed by atoms with van der Waals surface area (Å²) in [5, 5.41) is 2.99. The van der Waals surface area contributed by atoms with Crippen LogP contribution in [-0.4, -0.2) is 49.2 Å². The lowest BCUT2D eigenvalue weighted by atomic mass is 10.0. The number of fused-ring (bicyclic) bond motifs is 1. The third-order valence-corrected chi connectivity index (χ3v) is 5.07. The molecule has 2 heterocycles. The molecule has 1 aliphatic rings. The molecule has 140 valence electrons. The molecule has 0 aliphatic carbocycles. The van der Waals surface area contributed by atoms with E-state index in [9.17, 15) is 9.59 Å². The van der Waals surface area contributed by atoms with Crippen LogP contribution in [0, 0.1) is 0 Å². The Hall–Kier alpha value is -2.35. The lowest BCUT2D eigenvalue weighted by Gasteiger charge is -2.34. The first-order chi connectivity index (χ1) is 12.6. The normalized spacial score (nSPS) is 15.1. The predicted molar refractivity (Wildman–Crippen MR) is 101 cm³/mol. The zero-order valence-electron chi connectivity index (χ0n) is 15.0. The van der Waals surface area contributed by atoms with Gasteiger partial charge in [-0.2, -0.15) is 0 Å². The van der Waals surface area contributed by atoms with Gasteiger partial charge in [0.05, 0.1) is 22.5 Å². The van der Waals surface area contributed by atoms with Gasteiger partial charge in [-0.15, -0.1) is 11.3 Å². The summed E-state index contributed by atoms with van der Waals surface area (Å²) in [7, 11) is 0. The average Bonchev–Trinajstić information content (AvgIpc) is 3.08. The van der Waals surface area contributed by atoms with Gasteiger partial charge in [-0.1, -0.05) is 0 Å². The fourth-order valence-corrected chi connectivity index (χ4v) is 3.87. The number of amides is 1. The number of rotatable bonds is 6. The number of hydrogen-bond donors (Lipinski definition) is 1. The van der Waals surface area contributed by atoms with Crippen LogP contribution in [0.15, 0.2) is 17.6 Å². The van der Waals surface area contributed by atoms with Crippen molar-refractivity contribution in [2.75, 3.05) is 31.2 Å². The first kappa shape index (κ1) is 18.4. The molecule has 0 saturated carbocycles. The number of ether oxygens (including phenoxy) is 2. The molecule has 0 unspecified atom stereocenters. The number of nitrogens with zero attached hydrogens (tertiary/aromatic N) is 2. The van der Waals surface area contributed by atoms with E-state index in [4.69, 9.17) is 9.47 Å². The highest BCUT2D eigenvalue weighted by atomic mass is 32.1. The Morgan fingerprint density at radius 2 is 2.12 bits per heavy atom. The van der Waals surface area contributed by atoms with E-state index in [-0.39, 0.29) is 24.5 Å². The summed E-state index contributed by atoms with van der Waals surface area (Å²) in [5.41, 5.74) is 3.76. The van der Waals surface area contributed by atoms with Gasteiger partial charge in [-0.3, -0.25) is 4.79 Å². The van der Waals surface area contributed by atoms with E-state index in [1.165, 1.54) is 0 Å². The van der Waals surface area contributed by atoms with E-state index in [0.717, 1.165) is 41.8 Å². The molecule has 26 heavy (non-hydrogen) atoms. The molecule has 1 amide bonds. The molecule has 8 heteroatoms. The predicted octanol–water partition coefficient (Wildman–Crippen LogP) is 2.34. The van der Waals surface area contributed by atoms with Crippen molar-refractivity contribution in [3.05, 3.63) is 17.6 Å². The molecule has 3 rings (SSSR count). The number of nitrogens with one attached hydrogen (secondary N) is 1. The van der Waals surface area contributed by atoms with Crippen LogP contribution in [0.1, 0.15) is 26.7 Å². The average molecular weight is 377 g/mol. The number of piperidine rings is 1. The van der Waals surface area contributed by atoms with Gasteiger partial charge in [-0.05, 0) is 25.8 Å². The van der Waals surface area contributed by atoms with Crippen molar-refractivity contribution in [3.63, 3.8) is 0 Å². The number of esters is 1. The van der Waals surface area contributed by atoms with Gasteiger partial charge in [0.25, 0.3) is 0 Å². The van der Waals surface area contributed by atoms with Crippen molar-refractivity contribution in [1.82, 2.24) is 10.3 Å². The van der Waals surface area contributed by atoms with Crippen LogP contribution in [0.5, 0.6) is 5.75 Å². The summed E-state index contributed by atoms with van der Waals surface area (Å²) >= 11 is 1.54. The summed E-state index contributed by atoms with van der Waals surface area (Å²) in [5.74, 6) is 0.267. The number of anilines is 1. The van der Waals surface area contributed by atoms with E-state index in [1.54, 1.807) is 25.2 Å². The van der Waals surface area contributed by atoms with E-state index in [1.807, 2.05) is 17.6 Å². The minimum Gasteiger partial charge on any atom is -0.482 e. The molecule has 1 aromatic carbocycles. The lowest BCUT2D eigenvalue weighted by molar-refractivity contribution is -0.145. The number of aromatic nitrogens is 1. The number of carbonyl (C=O) groups is 2. The molecule has 1 aliphatic heterocycles. The maximum Gasteiger partial charge on any atom is 0.344 e. The molecule has 1 fully saturated rings. The Bertz CT molecular complexity index is 784. The summed E-state index contributed by atoms with van der Waals surface area (Å²) in [4.78, 5) is 29.5. The zero-order chi connectivity index (χ0) is 18.5. The standard InChI is InChI=1S/C18H23N3O4S/c1-3-24-17(23)10-25-14-8-15(18-16(9-14)26-11-19-18)21-6-4-13(5-7-21)20-12(2)22/h8-9,11,13H,3-7,10H2,1-2H3,(H,20,22). The lowest BCUT2D eigenvalue weighted by Crippen LogP contribution is -2.44. The van der Waals surface area contributed by atoms with E-state index < -0.39 is 0 Å². The van der Waals surface area contributed by atoms with Crippen LogP contribution in [0.4, 0.5) is 5.69 Å². The molecule has 0 spiro atoms. The van der Waals surface area contributed by atoms with Crippen LogP contribution in [0.2, 0.25) is 0 Å². The Kier molecular flexibility index (Phi) is 5.92. The quantitative estimate of drug-likeness (QED) is 0.779. The van der Waals surface area contributed by atoms with Crippen LogP contribution < -0.4 is 15.0 Å². The minimum atomic E-state index is -0.380. The molecule has 1 N–H and O–H groups in total. The second kappa shape index (κ2) is 8.35. The van der Waals surface area contributed by atoms with Gasteiger partial charge in [0.2, 0.25) is 5.91 Å². The van der Waals surface area contributed by atoms with Crippen LogP contribution >= 0.6 is 11.3 Å². The highest BCUT2D eigenvalue weighted by Gasteiger charge is 2.22. The smallest absolute Gasteiger partial charge is 0.344 e. The van der Waals surface area contributed by atoms with Crippen molar-refractivity contribution < 1.29 is 19.1 Å². The topological polar surface area (TPSA) is 80.8 Å². The van der Waals surface area contributed by atoms with Crippen molar-refractivity contribution in [2.24, 2.45) is 0 Å². The number of benzene rings is 1. The van der Waals surface area contributed by atoms with Gasteiger partial charge in [0, 0.05) is 32.1 Å². The fourth-order valence-electron chi connectivity index (χ4n) is 3.15. The van der Waals surface area contributed by atoms with Crippen molar-refractivity contribution in [3.8, 4) is 5.75 Å². The van der Waals surface area contributed by atoms with E-state index in [2.05, 4.69) is 15.2 Å². The van der Waals surface area contributed by atoms with Gasteiger partial charge in [0.1, 0.15) is 11.3 Å². The van der Waals surface area contributed by atoms with E-state index >= 15 is 0 Å². The molecular formula is C18H23N3O4S. The third-order valence-electron chi connectivity index (χ3n) is 4.29. The summed E-state index contributed by atoms with van der Waals surface area (Å²) < 4.78 is 11.6. The number of hydrogen-bond acceptors (Lipinski definition) is 7. The van der Waals surface area contributed by atoms with Crippen molar-refractivity contribution in [2.45, 2.75) is 32.7 Å². The summed E-state index contributed by atoms with van der Waals surface area (Å²) in [6.07, 6.45) is 1.78. The number of thiazole rings is 1. The van der Waals surface area contributed by atoms with Gasteiger partial charge < -0.3 is 19.7 Å². The number of carbonyl (C=O) groups excluding carboxylic acids is 2. The van der Waals surface area contributed by atoms with Crippen LogP contribution in [0.25, 0.3) is 10.2 Å². The monoisotopic (exact) mass is 377 g/mol. The van der Waals surface area contributed by atoms with Gasteiger partial charge in [0.15, 0.2) is 6.61 Å². The second-order valence-corrected chi connectivity index (χ2v) is 7.08. The minimum absolute atomic E-state index is 0.0136. The second-order valence-electron chi connectivity index (χ2n) is 6.20. The molecule has 0 radical (unpaired) electrons. The highest BCUT2D eigenvalue weighted by Crippen LogP contribution is 2.34. The summed E-state index contributed by atoms with van der Waals surface area (Å²) in [6, 6.07) is 4.05. The maximum absolute atomic E-state index is 11.5. The zero-order valence-corrected chi connectivity index (χ0v) is 15.8. The Morgan fingerprint density at radius 3 is 2.81 bits per heavy atom. The van der Waals surface area contributed by atoms with Crippen molar-refractivity contribution >= 4 is 39.1 Å². The molecular weight excluding hydrogens is 354 g/mol. The molecule has 1 aromatic heterocycles.